The Balaban J connectivity index is 2.19. The predicted octanol–water partition coefficient (Wildman–Crippen LogP) is 2.69. The number of thiophene rings is 1. The summed E-state index contributed by atoms with van der Waals surface area (Å²) in [5.74, 6) is 1.35. The Morgan fingerprint density at radius 2 is 2.33 bits per heavy atom. The molecule has 2 heterocycles. The van der Waals surface area contributed by atoms with Crippen molar-refractivity contribution in [3.05, 3.63) is 28.5 Å². The highest BCUT2D eigenvalue weighted by molar-refractivity contribution is 7.10. The van der Waals surface area contributed by atoms with Crippen molar-refractivity contribution < 1.29 is 4.74 Å². The topological polar surface area (TPSA) is 73.1 Å². The molecule has 0 radical (unpaired) electrons. The van der Waals surface area contributed by atoms with Gasteiger partial charge in [0.25, 0.3) is 0 Å². The van der Waals surface area contributed by atoms with E-state index in [-0.39, 0.29) is 12.0 Å². The minimum absolute atomic E-state index is 0.206. The zero-order valence-electron chi connectivity index (χ0n) is 10.4. The summed E-state index contributed by atoms with van der Waals surface area (Å²) < 4.78 is 5.07. The van der Waals surface area contributed by atoms with Crippen LogP contribution in [0.4, 0.5) is 11.8 Å². The molecule has 0 aromatic carbocycles. The lowest BCUT2D eigenvalue weighted by Crippen LogP contribution is -2.11. The third kappa shape index (κ3) is 2.89. The van der Waals surface area contributed by atoms with Gasteiger partial charge in [0.1, 0.15) is 5.82 Å². The van der Waals surface area contributed by atoms with Crippen LogP contribution in [0, 0.1) is 0 Å². The van der Waals surface area contributed by atoms with E-state index in [0.717, 1.165) is 6.42 Å². The summed E-state index contributed by atoms with van der Waals surface area (Å²) in [6.07, 6.45) is 0.965. The lowest BCUT2D eigenvalue weighted by Gasteiger charge is -2.16. The molecule has 0 amide bonds. The van der Waals surface area contributed by atoms with Crippen LogP contribution in [-0.2, 0) is 0 Å². The van der Waals surface area contributed by atoms with E-state index in [1.807, 2.05) is 6.07 Å². The number of ether oxygens (including phenoxy) is 1. The number of methoxy groups -OCH3 is 1. The standard InChI is InChI=1S/C12H16N4OS/c1-3-8(9-5-4-6-18-9)14-10-7-11(17-2)16-12(13)15-10/h4-8H,3H2,1-2H3,(H3,13,14,15,16). The van der Waals surface area contributed by atoms with Crippen LogP contribution in [0.5, 0.6) is 5.88 Å². The van der Waals surface area contributed by atoms with E-state index in [2.05, 4.69) is 33.7 Å². The maximum Gasteiger partial charge on any atom is 0.225 e. The maximum atomic E-state index is 5.63. The molecular weight excluding hydrogens is 248 g/mol. The molecule has 0 aliphatic rings. The highest BCUT2D eigenvalue weighted by Crippen LogP contribution is 2.26. The Morgan fingerprint density at radius 3 is 2.94 bits per heavy atom. The van der Waals surface area contributed by atoms with Crippen molar-refractivity contribution >= 4 is 23.1 Å². The van der Waals surface area contributed by atoms with E-state index >= 15 is 0 Å². The van der Waals surface area contributed by atoms with Crippen LogP contribution in [0.3, 0.4) is 0 Å². The summed E-state index contributed by atoms with van der Waals surface area (Å²) in [5.41, 5.74) is 5.63. The van der Waals surface area contributed by atoms with Gasteiger partial charge in [0.2, 0.25) is 11.8 Å². The lowest BCUT2D eigenvalue weighted by atomic mass is 10.2. The second-order valence-electron chi connectivity index (χ2n) is 3.77. The average molecular weight is 264 g/mol. The number of nitrogens with two attached hydrogens (primary N) is 1. The van der Waals surface area contributed by atoms with Crippen LogP contribution in [0.1, 0.15) is 24.3 Å². The van der Waals surface area contributed by atoms with Gasteiger partial charge in [0, 0.05) is 10.9 Å². The zero-order valence-corrected chi connectivity index (χ0v) is 11.2. The Hall–Kier alpha value is -1.82. The molecule has 0 saturated heterocycles. The minimum atomic E-state index is 0.206. The quantitative estimate of drug-likeness (QED) is 0.868. The fourth-order valence-corrected chi connectivity index (χ4v) is 2.53. The van der Waals surface area contributed by atoms with Crippen LogP contribution >= 0.6 is 11.3 Å². The molecule has 18 heavy (non-hydrogen) atoms. The zero-order chi connectivity index (χ0) is 13.0. The minimum Gasteiger partial charge on any atom is -0.481 e. The first kappa shape index (κ1) is 12.6. The van der Waals surface area contributed by atoms with Gasteiger partial charge >= 0.3 is 0 Å². The molecule has 6 heteroatoms. The number of nitrogens with zero attached hydrogens (tertiary/aromatic N) is 2. The van der Waals surface area contributed by atoms with E-state index in [1.54, 1.807) is 24.5 Å². The molecule has 0 spiro atoms. The third-order valence-corrected chi connectivity index (χ3v) is 3.53. The van der Waals surface area contributed by atoms with Crippen molar-refractivity contribution in [2.75, 3.05) is 18.2 Å². The highest BCUT2D eigenvalue weighted by atomic mass is 32.1. The molecule has 0 saturated carbocycles. The van der Waals surface area contributed by atoms with E-state index in [1.165, 1.54) is 4.88 Å². The van der Waals surface area contributed by atoms with Crippen molar-refractivity contribution in [1.82, 2.24) is 9.97 Å². The van der Waals surface area contributed by atoms with Gasteiger partial charge in [-0.05, 0) is 17.9 Å². The molecule has 0 aliphatic heterocycles. The van der Waals surface area contributed by atoms with Crippen molar-refractivity contribution in [3.8, 4) is 5.88 Å². The van der Waals surface area contributed by atoms with Gasteiger partial charge in [-0.1, -0.05) is 13.0 Å². The Labute approximate surface area is 110 Å². The van der Waals surface area contributed by atoms with Gasteiger partial charge in [-0.25, -0.2) is 0 Å². The maximum absolute atomic E-state index is 5.63. The number of aromatic nitrogens is 2. The summed E-state index contributed by atoms with van der Waals surface area (Å²) >= 11 is 1.72. The molecule has 0 aliphatic carbocycles. The van der Waals surface area contributed by atoms with Gasteiger partial charge in [-0.3, -0.25) is 0 Å². The van der Waals surface area contributed by atoms with Crippen molar-refractivity contribution in [2.45, 2.75) is 19.4 Å². The van der Waals surface area contributed by atoms with Gasteiger partial charge in [-0.2, -0.15) is 9.97 Å². The first-order valence-corrected chi connectivity index (χ1v) is 6.59. The number of rotatable bonds is 5. The van der Waals surface area contributed by atoms with E-state index < -0.39 is 0 Å². The second-order valence-corrected chi connectivity index (χ2v) is 4.75. The smallest absolute Gasteiger partial charge is 0.225 e. The molecule has 0 bridgehead atoms. The molecule has 0 fully saturated rings. The molecule has 1 atom stereocenters. The molecule has 96 valence electrons. The van der Waals surface area contributed by atoms with Crippen LogP contribution in [0.2, 0.25) is 0 Å². The molecular formula is C12H16N4OS. The van der Waals surface area contributed by atoms with Gasteiger partial charge in [-0.15, -0.1) is 11.3 Å². The van der Waals surface area contributed by atoms with Crippen LogP contribution in [0.25, 0.3) is 0 Å². The molecule has 2 aromatic heterocycles. The number of hydrogen-bond donors (Lipinski definition) is 2. The molecule has 5 nitrogen and oxygen atoms in total. The van der Waals surface area contributed by atoms with Crippen molar-refractivity contribution in [3.63, 3.8) is 0 Å². The Bertz CT molecular complexity index is 501. The lowest BCUT2D eigenvalue weighted by molar-refractivity contribution is 0.398. The number of anilines is 2. The first-order chi connectivity index (χ1) is 8.72. The second kappa shape index (κ2) is 5.68. The Kier molecular flexibility index (Phi) is 3.99. The first-order valence-electron chi connectivity index (χ1n) is 5.71. The van der Waals surface area contributed by atoms with Crippen LogP contribution in [-0.4, -0.2) is 17.1 Å². The predicted molar refractivity (Wildman–Crippen MR) is 74.0 cm³/mol. The highest BCUT2D eigenvalue weighted by Gasteiger charge is 2.12. The van der Waals surface area contributed by atoms with Crippen molar-refractivity contribution in [2.24, 2.45) is 0 Å². The molecule has 2 rings (SSSR count). The van der Waals surface area contributed by atoms with E-state index in [4.69, 9.17) is 10.5 Å². The summed E-state index contributed by atoms with van der Waals surface area (Å²) in [5, 5.41) is 5.41. The summed E-state index contributed by atoms with van der Waals surface area (Å²) in [7, 11) is 1.56. The van der Waals surface area contributed by atoms with Crippen LogP contribution in [0.15, 0.2) is 23.6 Å². The van der Waals surface area contributed by atoms with Crippen molar-refractivity contribution in [1.29, 1.82) is 0 Å². The summed E-state index contributed by atoms with van der Waals surface area (Å²) in [4.78, 5) is 9.39. The summed E-state index contributed by atoms with van der Waals surface area (Å²) in [6, 6.07) is 6.11. The normalized spacial score (nSPS) is 12.1. The number of nitrogen functional groups attached to an aromatic ring is 1. The molecule has 2 aromatic rings. The average Bonchev–Trinajstić information content (AvgIpc) is 2.89. The third-order valence-electron chi connectivity index (χ3n) is 2.55. The summed E-state index contributed by atoms with van der Waals surface area (Å²) in [6.45, 7) is 2.12. The monoisotopic (exact) mass is 264 g/mol. The fraction of sp³-hybridized carbons (Fsp3) is 0.333. The van der Waals surface area contributed by atoms with Crippen LogP contribution < -0.4 is 15.8 Å². The number of nitrogens with one attached hydrogen (secondary N) is 1. The molecule has 1 unspecified atom stereocenters. The Morgan fingerprint density at radius 1 is 1.50 bits per heavy atom. The number of hydrogen-bond acceptors (Lipinski definition) is 6. The van der Waals surface area contributed by atoms with E-state index in [9.17, 15) is 0 Å². The van der Waals surface area contributed by atoms with E-state index in [0.29, 0.717) is 11.7 Å². The molecule has 3 N–H and O–H groups in total. The van der Waals surface area contributed by atoms with Gasteiger partial charge in [0.15, 0.2) is 0 Å². The largest absolute Gasteiger partial charge is 0.481 e. The van der Waals surface area contributed by atoms with Gasteiger partial charge in [0.05, 0.1) is 13.2 Å². The fourth-order valence-electron chi connectivity index (χ4n) is 1.66. The van der Waals surface area contributed by atoms with Gasteiger partial charge < -0.3 is 15.8 Å². The SMILES string of the molecule is CCC(Nc1cc(OC)nc(N)n1)c1cccs1.